The number of hydrogen-bond donors (Lipinski definition) is 1. The van der Waals surface area contributed by atoms with Gasteiger partial charge in [0.2, 0.25) is 0 Å². The molecule has 0 atom stereocenters. The highest BCUT2D eigenvalue weighted by molar-refractivity contribution is 7.10. The summed E-state index contributed by atoms with van der Waals surface area (Å²) >= 11 is 1.60. The number of carbonyl (C=O) groups excluding carboxylic acids is 1. The Labute approximate surface area is 144 Å². The SMILES string of the molecule is O=C1Nc2ccccc2N=C(c2ccccc2)/C1=C/c1cccs1. The molecule has 3 aromatic rings. The summed E-state index contributed by atoms with van der Waals surface area (Å²) in [6, 6.07) is 21.4. The predicted molar refractivity (Wildman–Crippen MR) is 100 cm³/mol. The van der Waals surface area contributed by atoms with Gasteiger partial charge in [0.25, 0.3) is 5.91 Å². The average molecular weight is 330 g/mol. The van der Waals surface area contributed by atoms with E-state index in [1.165, 1.54) is 0 Å². The topological polar surface area (TPSA) is 41.5 Å². The van der Waals surface area contributed by atoms with Gasteiger partial charge < -0.3 is 5.32 Å². The molecule has 3 nitrogen and oxygen atoms in total. The van der Waals surface area contributed by atoms with Gasteiger partial charge in [-0.05, 0) is 29.7 Å². The first-order valence-electron chi connectivity index (χ1n) is 7.61. The molecule has 1 aliphatic rings. The lowest BCUT2D eigenvalue weighted by atomic mass is 10.0. The minimum Gasteiger partial charge on any atom is -0.320 e. The van der Waals surface area contributed by atoms with Crippen molar-refractivity contribution in [2.75, 3.05) is 5.32 Å². The van der Waals surface area contributed by atoms with Gasteiger partial charge in [0.1, 0.15) is 0 Å². The van der Waals surface area contributed by atoms with Crippen molar-refractivity contribution < 1.29 is 4.79 Å². The zero-order chi connectivity index (χ0) is 16.4. The summed E-state index contributed by atoms with van der Waals surface area (Å²) in [5.74, 6) is -0.143. The smallest absolute Gasteiger partial charge is 0.257 e. The fourth-order valence-corrected chi connectivity index (χ4v) is 3.28. The van der Waals surface area contributed by atoms with Gasteiger partial charge in [0, 0.05) is 10.4 Å². The van der Waals surface area contributed by atoms with Gasteiger partial charge >= 0.3 is 0 Å². The normalized spacial score (nSPS) is 15.4. The molecule has 0 bridgehead atoms. The fourth-order valence-electron chi connectivity index (χ4n) is 2.62. The summed E-state index contributed by atoms with van der Waals surface area (Å²) in [6.45, 7) is 0. The molecule has 1 aliphatic heterocycles. The number of thiophene rings is 1. The molecule has 0 saturated carbocycles. The highest BCUT2D eigenvalue weighted by atomic mass is 32.1. The molecule has 0 radical (unpaired) electrons. The minimum absolute atomic E-state index is 0.143. The number of para-hydroxylation sites is 2. The monoisotopic (exact) mass is 330 g/mol. The number of aliphatic imine (C=N–C) groups is 1. The van der Waals surface area contributed by atoms with E-state index in [0.717, 1.165) is 21.8 Å². The van der Waals surface area contributed by atoms with Crippen molar-refractivity contribution in [3.63, 3.8) is 0 Å². The second-order valence-corrected chi connectivity index (χ2v) is 6.35. The molecule has 2 aromatic carbocycles. The molecule has 0 aliphatic carbocycles. The quantitative estimate of drug-likeness (QED) is 0.667. The number of anilines is 1. The van der Waals surface area contributed by atoms with Crippen LogP contribution in [0.2, 0.25) is 0 Å². The van der Waals surface area contributed by atoms with Crippen LogP contribution in [0.4, 0.5) is 11.4 Å². The predicted octanol–water partition coefficient (Wildman–Crippen LogP) is 4.90. The van der Waals surface area contributed by atoms with Crippen LogP contribution in [0.5, 0.6) is 0 Å². The molecule has 2 heterocycles. The molecular weight excluding hydrogens is 316 g/mol. The van der Waals surface area contributed by atoms with Gasteiger partial charge in [-0.15, -0.1) is 11.3 Å². The zero-order valence-electron chi connectivity index (χ0n) is 12.8. The van der Waals surface area contributed by atoms with E-state index >= 15 is 0 Å². The van der Waals surface area contributed by atoms with Crippen molar-refractivity contribution in [3.05, 3.63) is 88.1 Å². The van der Waals surface area contributed by atoms with Gasteiger partial charge in [-0.2, -0.15) is 0 Å². The van der Waals surface area contributed by atoms with Crippen LogP contribution in [0.25, 0.3) is 6.08 Å². The number of nitrogens with one attached hydrogen (secondary N) is 1. The third-order valence-electron chi connectivity index (χ3n) is 3.76. The lowest BCUT2D eigenvalue weighted by Gasteiger charge is -2.08. The number of amides is 1. The van der Waals surface area contributed by atoms with E-state index < -0.39 is 0 Å². The van der Waals surface area contributed by atoms with Gasteiger partial charge in [0.05, 0.1) is 22.7 Å². The standard InChI is InChI=1S/C20H14N2OS/c23-20-16(13-15-9-6-12-24-15)19(14-7-2-1-3-8-14)21-17-10-4-5-11-18(17)22-20/h1-13H,(H,22,23)/b16-13-. The maximum Gasteiger partial charge on any atom is 0.257 e. The van der Waals surface area contributed by atoms with E-state index in [-0.39, 0.29) is 5.91 Å². The first-order chi connectivity index (χ1) is 11.8. The molecular formula is C20H14N2OS. The molecule has 0 saturated heterocycles. The van der Waals surface area contributed by atoms with E-state index in [1.54, 1.807) is 11.3 Å². The minimum atomic E-state index is -0.143. The summed E-state index contributed by atoms with van der Waals surface area (Å²) in [5, 5.41) is 4.96. The first-order valence-corrected chi connectivity index (χ1v) is 8.49. The molecule has 1 N–H and O–H groups in total. The second-order valence-electron chi connectivity index (χ2n) is 5.37. The Balaban J connectivity index is 1.93. The molecule has 4 rings (SSSR count). The van der Waals surface area contributed by atoms with Crippen LogP contribution >= 0.6 is 11.3 Å². The Kier molecular flexibility index (Phi) is 3.81. The zero-order valence-corrected chi connectivity index (χ0v) is 13.6. The lowest BCUT2D eigenvalue weighted by Crippen LogP contribution is -2.19. The third kappa shape index (κ3) is 2.79. The van der Waals surface area contributed by atoms with Crippen LogP contribution in [-0.4, -0.2) is 11.6 Å². The van der Waals surface area contributed by atoms with Crippen molar-refractivity contribution in [1.29, 1.82) is 0 Å². The van der Waals surface area contributed by atoms with Crippen LogP contribution in [0.1, 0.15) is 10.4 Å². The maximum absolute atomic E-state index is 12.8. The Morgan fingerprint density at radius 1 is 0.917 bits per heavy atom. The molecule has 0 spiro atoms. The van der Waals surface area contributed by atoms with Crippen LogP contribution in [0.15, 0.2) is 82.7 Å². The van der Waals surface area contributed by atoms with Crippen molar-refractivity contribution in [3.8, 4) is 0 Å². The van der Waals surface area contributed by atoms with E-state index in [0.29, 0.717) is 11.3 Å². The van der Waals surface area contributed by atoms with E-state index in [2.05, 4.69) is 5.32 Å². The van der Waals surface area contributed by atoms with E-state index in [1.807, 2.05) is 78.2 Å². The van der Waals surface area contributed by atoms with Gasteiger partial charge in [-0.25, -0.2) is 4.99 Å². The fraction of sp³-hybridized carbons (Fsp3) is 0. The summed E-state index contributed by atoms with van der Waals surface area (Å²) in [4.78, 5) is 18.6. The summed E-state index contributed by atoms with van der Waals surface area (Å²) < 4.78 is 0. The van der Waals surface area contributed by atoms with Crippen molar-refractivity contribution in [2.24, 2.45) is 4.99 Å². The summed E-state index contributed by atoms with van der Waals surface area (Å²) in [6.07, 6.45) is 1.90. The molecule has 0 fully saturated rings. The molecule has 4 heteroatoms. The molecule has 1 aromatic heterocycles. The van der Waals surface area contributed by atoms with Crippen LogP contribution in [0, 0.1) is 0 Å². The Morgan fingerprint density at radius 3 is 2.50 bits per heavy atom. The van der Waals surface area contributed by atoms with Crippen molar-refractivity contribution in [2.45, 2.75) is 0 Å². The maximum atomic E-state index is 12.8. The largest absolute Gasteiger partial charge is 0.320 e. The highest BCUT2D eigenvalue weighted by Crippen LogP contribution is 2.31. The third-order valence-corrected chi connectivity index (χ3v) is 4.58. The number of fused-ring (bicyclic) bond motifs is 1. The van der Waals surface area contributed by atoms with Crippen LogP contribution in [-0.2, 0) is 4.79 Å². The first kappa shape index (κ1) is 14.6. The van der Waals surface area contributed by atoms with Crippen molar-refractivity contribution in [1.82, 2.24) is 0 Å². The van der Waals surface area contributed by atoms with Crippen molar-refractivity contribution >= 4 is 40.4 Å². The lowest BCUT2D eigenvalue weighted by molar-refractivity contribution is -0.112. The number of rotatable bonds is 2. The van der Waals surface area contributed by atoms with Crippen LogP contribution < -0.4 is 5.32 Å². The number of nitrogens with zero attached hydrogens (tertiary/aromatic N) is 1. The Hall–Kier alpha value is -2.98. The molecule has 1 amide bonds. The van der Waals surface area contributed by atoms with Gasteiger partial charge in [-0.3, -0.25) is 4.79 Å². The summed E-state index contributed by atoms with van der Waals surface area (Å²) in [5.41, 5.74) is 3.67. The second kappa shape index (κ2) is 6.26. The van der Waals surface area contributed by atoms with Gasteiger partial charge in [-0.1, -0.05) is 48.5 Å². The van der Waals surface area contributed by atoms with E-state index in [9.17, 15) is 4.79 Å². The number of benzene rings is 2. The Bertz CT molecular complexity index is 941. The average Bonchev–Trinajstić information content (AvgIpc) is 3.08. The molecule has 24 heavy (non-hydrogen) atoms. The number of carbonyl (C=O) groups is 1. The van der Waals surface area contributed by atoms with Crippen LogP contribution in [0.3, 0.4) is 0 Å². The van der Waals surface area contributed by atoms with Gasteiger partial charge in [0.15, 0.2) is 0 Å². The molecule has 116 valence electrons. The number of hydrogen-bond acceptors (Lipinski definition) is 3. The highest BCUT2D eigenvalue weighted by Gasteiger charge is 2.23. The van der Waals surface area contributed by atoms with E-state index in [4.69, 9.17) is 4.99 Å². The summed E-state index contributed by atoms with van der Waals surface area (Å²) in [7, 11) is 0. The molecule has 0 unspecified atom stereocenters. The Morgan fingerprint density at radius 2 is 1.71 bits per heavy atom.